The van der Waals surface area contributed by atoms with Crippen LogP contribution in [-0.4, -0.2) is 56.1 Å². The molecule has 1 fully saturated rings. The van der Waals surface area contributed by atoms with E-state index in [0.717, 1.165) is 11.1 Å². The van der Waals surface area contributed by atoms with Gasteiger partial charge in [0.05, 0.1) is 12.3 Å². The number of piperazine rings is 1. The molecule has 0 saturated carbocycles. The van der Waals surface area contributed by atoms with Gasteiger partial charge in [-0.1, -0.05) is 29.8 Å². The van der Waals surface area contributed by atoms with Gasteiger partial charge in [-0.3, -0.25) is 9.69 Å². The van der Waals surface area contributed by atoms with Crippen LogP contribution in [0.25, 0.3) is 0 Å². The predicted octanol–water partition coefficient (Wildman–Crippen LogP) is 1.03. The number of ketones is 1. The molecule has 0 atom stereocenters. The number of sulfonamides is 1. The molecule has 0 amide bonds. The first-order valence-corrected chi connectivity index (χ1v) is 8.73. The summed E-state index contributed by atoms with van der Waals surface area (Å²) in [6.07, 6.45) is 0. The number of benzene rings is 1. The number of Topliss-reactive ketones (excluding diaryl/α,β-unsaturated/α-hetero) is 1. The minimum atomic E-state index is -3.28. The summed E-state index contributed by atoms with van der Waals surface area (Å²) in [5.74, 6) is 0.158. The molecule has 0 radical (unpaired) electrons. The molecule has 2 rings (SSSR count). The molecule has 1 aromatic carbocycles. The number of nitrogens with zero attached hydrogens (tertiary/aromatic N) is 2. The van der Waals surface area contributed by atoms with Gasteiger partial charge in [0.15, 0.2) is 0 Å². The Morgan fingerprint density at radius 2 is 1.67 bits per heavy atom. The van der Waals surface area contributed by atoms with E-state index < -0.39 is 10.0 Å². The Kier molecular flexibility index (Phi) is 5.13. The molecule has 0 bridgehead atoms. The van der Waals surface area contributed by atoms with Crippen LogP contribution in [0, 0.1) is 6.92 Å². The van der Waals surface area contributed by atoms with Crippen LogP contribution in [0.5, 0.6) is 0 Å². The number of carbonyl (C=O) groups is 1. The van der Waals surface area contributed by atoms with Crippen molar-refractivity contribution in [1.82, 2.24) is 9.21 Å². The lowest BCUT2D eigenvalue weighted by Gasteiger charge is -2.33. The molecule has 0 spiro atoms. The molecular formula is C15H22N2O3S. The molecule has 0 aliphatic carbocycles. The lowest BCUT2D eigenvalue weighted by atomic mass is 10.2. The molecule has 6 heteroatoms. The summed E-state index contributed by atoms with van der Waals surface area (Å²) in [4.78, 5) is 13.1. The first-order chi connectivity index (χ1) is 9.87. The van der Waals surface area contributed by atoms with Crippen LogP contribution in [0.15, 0.2) is 24.3 Å². The smallest absolute Gasteiger partial charge is 0.218 e. The summed E-state index contributed by atoms with van der Waals surface area (Å²) < 4.78 is 26.3. The molecule has 0 N–H and O–H groups in total. The number of hydrogen-bond acceptors (Lipinski definition) is 4. The van der Waals surface area contributed by atoms with E-state index in [1.54, 1.807) is 6.92 Å². The number of hydrogen-bond donors (Lipinski definition) is 0. The second-order valence-electron chi connectivity index (χ2n) is 5.62. The highest BCUT2D eigenvalue weighted by molar-refractivity contribution is 7.88. The fourth-order valence-corrected chi connectivity index (χ4v) is 3.98. The summed E-state index contributed by atoms with van der Waals surface area (Å²) >= 11 is 0. The van der Waals surface area contributed by atoms with Crippen LogP contribution in [0.1, 0.15) is 18.1 Å². The molecule has 1 aromatic rings. The average molecular weight is 310 g/mol. The maximum absolute atomic E-state index is 12.4. The third kappa shape index (κ3) is 4.62. The third-order valence-corrected chi connectivity index (χ3v) is 5.49. The predicted molar refractivity (Wildman–Crippen MR) is 82.5 cm³/mol. The van der Waals surface area contributed by atoms with Crippen LogP contribution in [0.4, 0.5) is 0 Å². The van der Waals surface area contributed by atoms with Gasteiger partial charge in [0.2, 0.25) is 10.0 Å². The minimum Gasteiger partial charge on any atom is -0.299 e. The molecule has 0 aromatic heterocycles. The average Bonchev–Trinajstić information content (AvgIpc) is 2.41. The van der Waals surface area contributed by atoms with Crippen molar-refractivity contribution < 1.29 is 13.2 Å². The zero-order valence-corrected chi connectivity index (χ0v) is 13.4. The molecule has 116 valence electrons. The van der Waals surface area contributed by atoms with Gasteiger partial charge >= 0.3 is 0 Å². The van der Waals surface area contributed by atoms with Gasteiger partial charge in [-0.2, -0.15) is 4.31 Å². The van der Waals surface area contributed by atoms with Crippen LogP contribution >= 0.6 is 0 Å². The summed E-state index contributed by atoms with van der Waals surface area (Å²) in [5.41, 5.74) is 1.93. The van der Waals surface area contributed by atoms with E-state index in [1.807, 2.05) is 36.1 Å². The summed E-state index contributed by atoms with van der Waals surface area (Å²) in [6.45, 7) is 6.10. The lowest BCUT2D eigenvalue weighted by Crippen LogP contribution is -2.49. The van der Waals surface area contributed by atoms with E-state index >= 15 is 0 Å². The first-order valence-electron chi connectivity index (χ1n) is 7.12. The third-order valence-electron chi connectivity index (χ3n) is 3.64. The maximum atomic E-state index is 12.4. The van der Waals surface area contributed by atoms with Gasteiger partial charge in [-0.05, 0) is 19.4 Å². The quantitative estimate of drug-likeness (QED) is 0.815. The van der Waals surface area contributed by atoms with Crippen LogP contribution < -0.4 is 0 Å². The highest BCUT2D eigenvalue weighted by Crippen LogP contribution is 2.14. The van der Waals surface area contributed by atoms with Crippen molar-refractivity contribution in [3.63, 3.8) is 0 Å². The van der Waals surface area contributed by atoms with Gasteiger partial charge in [0, 0.05) is 26.2 Å². The van der Waals surface area contributed by atoms with Crippen molar-refractivity contribution in [2.45, 2.75) is 19.6 Å². The maximum Gasteiger partial charge on any atom is 0.218 e. The zero-order chi connectivity index (χ0) is 15.5. The van der Waals surface area contributed by atoms with Crippen molar-refractivity contribution in [2.75, 3.05) is 32.7 Å². The molecule has 0 unspecified atom stereocenters. The van der Waals surface area contributed by atoms with E-state index in [4.69, 9.17) is 0 Å². The largest absolute Gasteiger partial charge is 0.299 e. The van der Waals surface area contributed by atoms with Crippen molar-refractivity contribution >= 4 is 15.8 Å². The molecule has 1 saturated heterocycles. The highest BCUT2D eigenvalue weighted by Gasteiger charge is 2.27. The fraction of sp³-hybridized carbons (Fsp3) is 0.533. The van der Waals surface area contributed by atoms with E-state index in [0.29, 0.717) is 32.7 Å². The van der Waals surface area contributed by atoms with E-state index in [1.165, 1.54) is 4.31 Å². The Labute approximate surface area is 126 Å². The van der Waals surface area contributed by atoms with E-state index in [2.05, 4.69) is 0 Å². The number of aryl methyl sites for hydroxylation is 1. The van der Waals surface area contributed by atoms with E-state index in [9.17, 15) is 13.2 Å². The second kappa shape index (κ2) is 6.68. The van der Waals surface area contributed by atoms with Gasteiger partial charge in [0.1, 0.15) is 5.78 Å². The SMILES string of the molecule is CC(=O)CN1CCN(S(=O)(=O)Cc2ccc(C)cc2)CC1. The fourth-order valence-electron chi connectivity index (χ4n) is 2.47. The second-order valence-corrected chi connectivity index (χ2v) is 7.59. The van der Waals surface area contributed by atoms with Gasteiger partial charge in [0.25, 0.3) is 0 Å². The van der Waals surface area contributed by atoms with Crippen LogP contribution in [0.3, 0.4) is 0 Å². The van der Waals surface area contributed by atoms with Crippen LogP contribution in [0.2, 0.25) is 0 Å². The number of rotatable bonds is 5. The zero-order valence-electron chi connectivity index (χ0n) is 12.6. The molecular weight excluding hydrogens is 288 g/mol. The van der Waals surface area contributed by atoms with Crippen molar-refractivity contribution in [2.24, 2.45) is 0 Å². The Morgan fingerprint density at radius 3 is 2.19 bits per heavy atom. The normalized spacial score (nSPS) is 17.8. The summed E-state index contributed by atoms with van der Waals surface area (Å²) in [5, 5.41) is 0. The Morgan fingerprint density at radius 1 is 1.10 bits per heavy atom. The van der Waals surface area contributed by atoms with Crippen molar-refractivity contribution in [3.05, 3.63) is 35.4 Å². The lowest BCUT2D eigenvalue weighted by molar-refractivity contribution is -0.118. The minimum absolute atomic E-state index is 0.0417. The Bertz CT molecular complexity index is 588. The van der Waals surface area contributed by atoms with Crippen molar-refractivity contribution in [1.29, 1.82) is 0 Å². The van der Waals surface area contributed by atoms with E-state index in [-0.39, 0.29) is 11.5 Å². The van der Waals surface area contributed by atoms with Gasteiger partial charge in [-0.25, -0.2) is 8.42 Å². The molecule has 21 heavy (non-hydrogen) atoms. The summed E-state index contributed by atoms with van der Waals surface area (Å²) in [7, 11) is -3.28. The first kappa shape index (κ1) is 16.1. The number of carbonyl (C=O) groups excluding carboxylic acids is 1. The molecule has 1 aliphatic rings. The standard InChI is InChI=1S/C15H22N2O3S/c1-13-3-5-15(6-4-13)12-21(19,20)17-9-7-16(8-10-17)11-14(2)18/h3-6H,7-12H2,1-2H3. The molecule has 1 aliphatic heterocycles. The Balaban J connectivity index is 1.95. The van der Waals surface area contributed by atoms with Gasteiger partial charge < -0.3 is 0 Å². The summed E-state index contributed by atoms with van der Waals surface area (Å²) in [6, 6.07) is 7.57. The van der Waals surface area contributed by atoms with Gasteiger partial charge in [-0.15, -0.1) is 0 Å². The highest BCUT2D eigenvalue weighted by atomic mass is 32.2. The molecule has 1 heterocycles. The van der Waals surface area contributed by atoms with Crippen molar-refractivity contribution in [3.8, 4) is 0 Å². The van der Waals surface area contributed by atoms with Crippen LogP contribution in [-0.2, 0) is 20.6 Å². The molecule has 5 nitrogen and oxygen atoms in total. The monoisotopic (exact) mass is 310 g/mol. The topological polar surface area (TPSA) is 57.7 Å². The Hall–Kier alpha value is -1.24.